The lowest BCUT2D eigenvalue weighted by atomic mass is 10.1. The number of hydrogen-bond acceptors (Lipinski definition) is 3. The average Bonchev–Trinajstić information content (AvgIpc) is 2.71. The first-order valence-electron chi connectivity index (χ1n) is 9.91. The molecule has 0 aliphatic rings. The number of aryl methyl sites for hydroxylation is 1. The topological polar surface area (TPSA) is 49.4 Å². The molecule has 0 bridgehead atoms. The van der Waals surface area contributed by atoms with Crippen LogP contribution in [0.2, 0.25) is 5.02 Å². The van der Waals surface area contributed by atoms with Gasteiger partial charge in [-0.2, -0.15) is 0 Å². The monoisotopic (exact) mass is 432 g/mol. The highest BCUT2D eigenvalue weighted by atomic mass is 35.5. The van der Waals surface area contributed by atoms with Gasteiger partial charge in [-0.15, -0.1) is 11.8 Å². The van der Waals surface area contributed by atoms with E-state index in [0.717, 1.165) is 22.4 Å². The minimum absolute atomic E-state index is 0.0212. The third-order valence-electron chi connectivity index (χ3n) is 4.55. The second-order valence-electron chi connectivity index (χ2n) is 7.03. The van der Waals surface area contributed by atoms with Crippen LogP contribution in [0.5, 0.6) is 0 Å². The van der Waals surface area contributed by atoms with Crippen LogP contribution < -0.4 is 5.32 Å². The normalized spacial score (nSPS) is 11.7. The first-order valence-corrected chi connectivity index (χ1v) is 11.3. The lowest BCUT2D eigenvalue weighted by Gasteiger charge is -2.29. The molecule has 0 radical (unpaired) electrons. The van der Waals surface area contributed by atoms with Gasteiger partial charge in [0.25, 0.3) is 0 Å². The van der Waals surface area contributed by atoms with Crippen molar-refractivity contribution in [1.29, 1.82) is 0 Å². The smallest absolute Gasteiger partial charge is 0.242 e. The van der Waals surface area contributed by atoms with Gasteiger partial charge in [0.05, 0.1) is 0 Å². The Balaban J connectivity index is 2.04. The molecule has 6 heteroatoms. The van der Waals surface area contributed by atoms with Gasteiger partial charge < -0.3 is 10.2 Å². The number of carbonyl (C=O) groups is 2. The van der Waals surface area contributed by atoms with Crippen molar-refractivity contribution >= 4 is 35.2 Å². The first-order chi connectivity index (χ1) is 13.9. The van der Waals surface area contributed by atoms with Gasteiger partial charge in [-0.1, -0.05) is 48.4 Å². The van der Waals surface area contributed by atoms with Crippen molar-refractivity contribution in [3.63, 3.8) is 0 Å². The van der Waals surface area contributed by atoms with Crippen molar-refractivity contribution < 1.29 is 9.59 Å². The lowest BCUT2D eigenvalue weighted by Crippen LogP contribution is -2.47. The van der Waals surface area contributed by atoms with E-state index in [4.69, 9.17) is 11.6 Å². The maximum absolute atomic E-state index is 13.0. The maximum Gasteiger partial charge on any atom is 0.242 e. The predicted molar refractivity (Wildman–Crippen MR) is 121 cm³/mol. The highest BCUT2D eigenvalue weighted by Gasteiger charge is 2.25. The summed E-state index contributed by atoms with van der Waals surface area (Å²) in [5, 5.41) is 3.60. The maximum atomic E-state index is 13.0. The molecule has 29 heavy (non-hydrogen) atoms. The summed E-state index contributed by atoms with van der Waals surface area (Å²) < 4.78 is 0. The summed E-state index contributed by atoms with van der Waals surface area (Å²) in [5.41, 5.74) is 2.16. The Morgan fingerprint density at radius 2 is 1.90 bits per heavy atom. The number of rotatable bonds is 10. The third-order valence-corrected chi connectivity index (χ3v) is 5.82. The molecule has 1 atom stereocenters. The molecule has 0 saturated heterocycles. The van der Waals surface area contributed by atoms with E-state index in [9.17, 15) is 9.59 Å². The fourth-order valence-corrected chi connectivity index (χ4v) is 3.88. The molecule has 2 rings (SSSR count). The minimum atomic E-state index is -0.518. The van der Waals surface area contributed by atoms with E-state index in [1.165, 1.54) is 0 Å². The van der Waals surface area contributed by atoms with E-state index in [1.54, 1.807) is 23.6 Å². The Labute approximate surface area is 183 Å². The van der Waals surface area contributed by atoms with Crippen LogP contribution in [0.4, 0.5) is 0 Å². The van der Waals surface area contributed by atoms with Crippen LogP contribution >= 0.6 is 23.4 Å². The van der Waals surface area contributed by atoms with Crippen LogP contribution in [0, 0.1) is 6.92 Å². The van der Waals surface area contributed by atoms with Crippen LogP contribution in [0.15, 0.2) is 53.4 Å². The molecule has 156 valence electrons. The molecule has 0 saturated carbocycles. The molecule has 0 unspecified atom stereocenters. The SMILES string of the molecule is CCCNC(=O)[C@H](C)N(Cc1cccc(C)c1)C(=O)CCSc1ccc(Cl)cc1. The summed E-state index contributed by atoms with van der Waals surface area (Å²) >= 11 is 7.53. The van der Waals surface area contributed by atoms with Crippen molar-refractivity contribution in [1.82, 2.24) is 10.2 Å². The largest absolute Gasteiger partial charge is 0.354 e. The van der Waals surface area contributed by atoms with Crippen molar-refractivity contribution in [2.75, 3.05) is 12.3 Å². The summed E-state index contributed by atoms with van der Waals surface area (Å²) in [7, 11) is 0. The van der Waals surface area contributed by atoms with Gasteiger partial charge in [-0.05, 0) is 50.1 Å². The number of nitrogens with one attached hydrogen (secondary N) is 1. The molecule has 0 spiro atoms. The van der Waals surface area contributed by atoms with Gasteiger partial charge in [0.15, 0.2) is 0 Å². The molecule has 0 aliphatic heterocycles. The second-order valence-corrected chi connectivity index (χ2v) is 8.63. The minimum Gasteiger partial charge on any atom is -0.354 e. The summed E-state index contributed by atoms with van der Waals surface area (Å²) in [4.78, 5) is 28.3. The zero-order valence-electron chi connectivity index (χ0n) is 17.3. The molecule has 0 aromatic heterocycles. The number of nitrogens with zero attached hydrogens (tertiary/aromatic N) is 1. The highest BCUT2D eigenvalue weighted by molar-refractivity contribution is 7.99. The molecule has 0 fully saturated rings. The van der Waals surface area contributed by atoms with Crippen molar-refractivity contribution in [3.05, 3.63) is 64.7 Å². The summed E-state index contributed by atoms with van der Waals surface area (Å²) in [5.74, 6) is 0.513. The lowest BCUT2D eigenvalue weighted by molar-refractivity contribution is -0.140. The number of hydrogen-bond donors (Lipinski definition) is 1. The molecule has 1 N–H and O–H groups in total. The van der Waals surface area contributed by atoms with E-state index < -0.39 is 6.04 Å². The Hall–Kier alpha value is -1.98. The number of thioether (sulfide) groups is 1. The van der Waals surface area contributed by atoms with Crippen molar-refractivity contribution in [2.24, 2.45) is 0 Å². The van der Waals surface area contributed by atoms with E-state index in [-0.39, 0.29) is 11.8 Å². The standard InChI is InChI=1S/C23H29ClN2O2S/c1-4-13-25-23(28)18(3)26(16-19-7-5-6-17(2)15-19)22(27)12-14-29-21-10-8-20(24)9-11-21/h5-11,15,18H,4,12-14,16H2,1-3H3,(H,25,28)/t18-/m0/s1. The number of amides is 2. The fourth-order valence-electron chi connectivity index (χ4n) is 2.92. The van der Waals surface area contributed by atoms with Crippen LogP contribution in [0.3, 0.4) is 0 Å². The summed E-state index contributed by atoms with van der Waals surface area (Å²) in [6.45, 7) is 6.87. The van der Waals surface area contributed by atoms with Gasteiger partial charge in [0.2, 0.25) is 11.8 Å². The Kier molecular flexibility index (Phi) is 9.55. The Morgan fingerprint density at radius 1 is 1.17 bits per heavy atom. The van der Waals surface area contributed by atoms with Crippen LogP contribution in [0.25, 0.3) is 0 Å². The van der Waals surface area contributed by atoms with Gasteiger partial charge >= 0.3 is 0 Å². The van der Waals surface area contributed by atoms with Crippen molar-refractivity contribution in [3.8, 4) is 0 Å². The number of carbonyl (C=O) groups excluding carboxylic acids is 2. The predicted octanol–water partition coefficient (Wildman–Crippen LogP) is 5.07. The quantitative estimate of drug-likeness (QED) is 0.533. The van der Waals surface area contributed by atoms with Crippen LogP contribution in [-0.4, -0.2) is 35.1 Å². The second kappa shape index (κ2) is 11.9. The van der Waals surface area contributed by atoms with Gasteiger partial charge in [0, 0.05) is 35.2 Å². The summed E-state index contributed by atoms with van der Waals surface area (Å²) in [6, 6.07) is 15.1. The van der Waals surface area contributed by atoms with E-state index in [0.29, 0.717) is 30.3 Å². The van der Waals surface area contributed by atoms with Gasteiger partial charge in [0.1, 0.15) is 6.04 Å². The van der Waals surface area contributed by atoms with E-state index in [1.807, 2.05) is 56.3 Å². The van der Waals surface area contributed by atoms with Gasteiger partial charge in [-0.3, -0.25) is 9.59 Å². The fraction of sp³-hybridized carbons (Fsp3) is 0.391. The molecule has 4 nitrogen and oxygen atoms in total. The van der Waals surface area contributed by atoms with E-state index >= 15 is 0 Å². The zero-order chi connectivity index (χ0) is 21.2. The third kappa shape index (κ3) is 7.75. The number of benzene rings is 2. The zero-order valence-corrected chi connectivity index (χ0v) is 18.9. The van der Waals surface area contributed by atoms with E-state index in [2.05, 4.69) is 11.4 Å². The number of halogens is 1. The summed E-state index contributed by atoms with van der Waals surface area (Å²) in [6.07, 6.45) is 1.23. The molecule has 2 amide bonds. The molecule has 0 aliphatic carbocycles. The Morgan fingerprint density at radius 3 is 2.55 bits per heavy atom. The molecule has 2 aromatic carbocycles. The van der Waals surface area contributed by atoms with Crippen LogP contribution in [0.1, 0.15) is 37.8 Å². The first kappa shape index (κ1) is 23.3. The average molecular weight is 433 g/mol. The highest BCUT2D eigenvalue weighted by Crippen LogP contribution is 2.22. The molecular formula is C23H29ClN2O2S. The van der Waals surface area contributed by atoms with Crippen LogP contribution in [-0.2, 0) is 16.1 Å². The molecule has 2 aromatic rings. The Bertz CT molecular complexity index is 811. The van der Waals surface area contributed by atoms with Gasteiger partial charge in [-0.25, -0.2) is 0 Å². The molecular weight excluding hydrogens is 404 g/mol. The molecule has 0 heterocycles. The van der Waals surface area contributed by atoms with Crippen molar-refractivity contribution in [2.45, 2.75) is 51.1 Å².